The number of ether oxygens (including phenoxy) is 1. The van der Waals surface area contributed by atoms with Crippen LogP contribution >= 0.6 is 0 Å². The molecule has 0 bridgehead atoms. The van der Waals surface area contributed by atoms with Crippen molar-refractivity contribution in [1.29, 1.82) is 0 Å². The second-order valence-electron chi connectivity index (χ2n) is 5.76. The Balaban J connectivity index is 1.83. The number of hydrogen-bond acceptors (Lipinski definition) is 3. The van der Waals surface area contributed by atoms with E-state index in [1.165, 1.54) is 0 Å². The molecule has 0 radical (unpaired) electrons. The van der Waals surface area contributed by atoms with Crippen LogP contribution in [0.5, 0.6) is 5.75 Å². The van der Waals surface area contributed by atoms with Crippen LogP contribution in [0.15, 0.2) is 30.7 Å². The number of rotatable bonds is 4. The highest BCUT2D eigenvalue weighted by Crippen LogP contribution is 2.27. The number of aromatic nitrogens is 2. The maximum absolute atomic E-state index is 11.9. The zero-order chi connectivity index (χ0) is 15.5. The van der Waals surface area contributed by atoms with Gasteiger partial charge < -0.3 is 14.6 Å². The quantitative estimate of drug-likeness (QED) is 0.942. The highest BCUT2D eigenvalue weighted by atomic mass is 16.5. The van der Waals surface area contributed by atoms with Crippen molar-refractivity contribution in [3.8, 4) is 11.4 Å². The first-order valence-corrected chi connectivity index (χ1v) is 7.63. The number of benzene rings is 1. The summed E-state index contributed by atoms with van der Waals surface area (Å²) in [6.07, 6.45) is 6.51. The van der Waals surface area contributed by atoms with Gasteiger partial charge in [-0.05, 0) is 43.9 Å². The van der Waals surface area contributed by atoms with Gasteiger partial charge in [-0.15, -0.1) is 0 Å². The van der Waals surface area contributed by atoms with Gasteiger partial charge in [-0.2, -0.15) is 0 Å². The molecule has 1 aliphatic heterocycles. The van der Waals surface area contributed by atoms with Gasteiger partial charge in [-0.25, -0.2) is 4.98 Å². The maximum Gasteiger partial charge on any atom is 0.223 e. The van der Waals surface area contributed by atoms with Gasteiger partial charge in [0, 0.05) is 18.7 Å². The molecule has 0 aliphatic carbocycles. The van der Waals surface area contributed by atoms with Crippen LogP contribution in [-0.4, -0.2) is 29.1 Å². The van der Waals surface area contributed by atoms with Gasteiger partial charge in [0.2, 0.25) is 5.91 Å². The Morgan fingerprint density at radius 2 is 2.32 bits per heavy atom. The van der Waals surface area contributed by atoms with E-state index in [2.05, 4.69) is 16.4 Å². The number of hydrogen-bond donors (Lipinski definition) is 1. The predicted octanol–water partition coefficient (Wildman–Crippen LogP) is 2.26. The number of amides is 1. The van der Waals surface area contributed by atoms with Gasteiger partial charge in [-0.3, -0.25) is 4.79 Å². The van der Waals surface area contributed by atoms with Crippen LogP contribution in [0, 0.1) is 12.8 Å². The number of aryl methyl sites for hydroxylation is 1. The second kappa shape index (κ2) is 6.22. The molecule has 1 unspecified atom stereocenters. The highest BCUT2D eigenvalue weighted by molar-refractivity contribution is 5.79. The van der Waals surface area contributed by atoms with Crippen molar-refractivity contribution in [2.24, 2.45) is 5.92 Å². The molecule has 1 N–H and O–H groups in total. The summed E-state index contributed by atoms with van der Waals surface area (Å²) >= 11 is 0. The molecule has 22 heavy (non-hydrogen) atoms. The van der Waals surface area contributed by atoms with E-state index in [9.17, 15) is 4.79 Å². The lowest BCUT2D eigenvalue weighted by molar-refractivity contribution is -0.126. The molecule has 5 nitrogen and oxygen atoms in total. The summed E-state index contributed by atoms with van der Waals surface area (Å²) in [5, 5.41) is 2.94. The van der Waals surface area contributed by atoms with Crippen LogP contribution in [0.25, 0.3) is 5.69 Å². The van der Waals surface area contributed by atoms with E-state index >= 15 is 0 Å². The summed E-state index contributed by atoms with van der Waals surface area (Å²) in [5.41, 5.74) is 3.05. The number of nitrogens with zero attached hydrogens (tertiary/aromatic N) is 2. The lowest BCUT2D eigenvalue weighted by atomic mass is 9.91. The number of carbonyl (C=O) groups excluding carboxylic acids is 1. The van der Waals surface area contributed by atoms with Crippen LogP contribution in [-0.2, 0) is 11.2 Å². The van der Waals surface area contributed by atoms with E-state index < -0.39 is 0 Å². The first-order chi connectivity index (χ1) is 10.7. The monoisotopic (exact) mass is 299 g/mol. The zero-order valence-corrected chi connectivity index (χ0v) is 13.0. The fourth-order valence-electron chi connectivity index (χ4n) is 2.93. The lowest BCUT2D eigenvalue weighted by Crippen LogP contribution is -2.37. The van der Waals surface area contributed by atoms with Gasteiger partial charge in [0.05, 0.1) is 24.8 Å². The summed E-state index contributed by atoms with van der Waals surface area (Å²) in [6.45, 7) is 2.76. The fourth-order valence-corrected chi connectivity index (χ4v) is 2.93. The topological polar surface area (TPSA) is 56.1 Å². The maximum atomic E-state index is 11.9. The number of piperidine rings is 1. The minimum Gasteiger partial charge on any atom is -0.495 e. The minimum absolute atomic E-state index is 0.0693. The Hall–Kier alpha value is -2.30. The van der Waals surface area contributed by atoms with E-state index in [0.717, 1.165) is 48.5 Å². The average Bonchev–Trinajstić information content (AvgIpc) is 2.96. The molecular weight excluding hydrogens is 278 g/mol. The zero-order valence-electron chi connectivity index (χ0n) is 13.0. The van der Waals surface area contributed by atoms with E-state index in [1.807, 2.05) is 29.8 Å². The molecule has 1 saturated heterocycles. The third-order valence-electron chi connectivity index (χ3n) is 4.12. The summed E-state index contributed by atoms with van der Waals surface area (Å²) in [5.74, 6) is 1.03. The Bertz CT molecular complexity index is 678. The van der Waals surface area contributed by atoms with Gasteiger partial charge >= 0.3 is 0 Å². The van der Waals surface area contributed by atoms with Gasteiger partial charge in [0.1, 0.15) is 5.75 Å². The molecule has 2 aromatic rings. The molecule has 1 fully saturated rings. The summed E-state index contributed by atoms with van der Waals surface area (Å²) < 4.78 is 7.47. The highest BCUT2D eigenvalue weighted by Gasteiger charge is 2.22. The molecule has 1 aromatic carbocycles. The molecule has 1 aliphatic rings. The Labute approximate surface area is 130 Å². The first-order valence-electron chi connectivity index (χ1n) is 7.63. The van der Waals surface area contributed by atoms with Crippen molar-refractivity contribution in [2.45, 2.75) is 26.2 Å². The first kappa shape index (κ1) is 14.6. The molecule has 0 saturated carbocycles. The number of carbonyl (C=O) groups is 1. The van der Waals surface area contributed by atoms with Crippen molar-refractivity contribution in [3.05, 3.63) is 42.0 Å². The third-order valence-corrected chi connectivity index (χ3v) is 4.12. The molecule has 0 spiro atoms. The molecular formula is C17H21N3O2. The normalized spacial score (nSPS) is 18.1. The molecule has 1 atom stereocenters. The molecule has 116 valence electrons. The number of nitrogens with one attached hydrogen (secondary N) is 1. The summed E-state index contributed by atoms with van der Waals surface area (Å²) in [4.78, 5) is 16.1. The largest absolute Gasteiger partial charge is 0.495 e. The van der Waals surface area contributed by atoms with Crippen molar-refractivity contribution in [1.82, 2.24) is 14.9 Å². The molecule has 3 rings (SSSR count). The fraction of sp³-hybridized carbons (Fsp3) is 0.412. The van der Waals surface area contributed by atoms with Crippen LogP contribution in [0.2, 0.25) is 0 Å². The van der Waals surface area contributed by atoms with E-state index in [0.29, 0.717) is 0 Å². The van der Waals surface area contributed by atoms with Gasteiger partial charge in [-0.1, -0.05) is 6.07 Å². The average molecular weight is 299 g/mol. The Morgan fingerprint density at radius 1 is 1.45 bits per heavy atom. The standard InChI is InChI=1S/C17H21N3O2/c1-12-10-20(11-19-12)15-6-5-13(9-16(15)22-2)8-14-4-3-7-18-17(14)21/h5-6,9-11,14H,3-4,7-8H2,1-2H3,(H,18,21). The number of imidazole rings is 1. The van der Waals surface area contributed by atoms with Crippen molar-refractivity contribution in [2.75, 3.05) is 13.7 Å². The third kappa shape index (κ3) is 2.98. The van der Waals surface area contributed by atoms with Gasteiger partial charge in [0.25, 0.3) is 0 Å². The number of methoxy groups -OCH3 is 1. The van der Waals surface area contributed by atoms with E-state index in [4.69, 9.17) is 4.74 Å². The molecule has 1 amide bonds. The SMILES string of the molecule is COc1cc(CC2CCCNC2=O)ccc1-n1cnc(C)c1. The van der Waals surface area contributed by atoms with E-state index in [-0.39, 0.29) is 11.8 Å². The predicted molar refractivity (Wildman–Crippen MR) is 84.3 cm³/mol. The summed E-state index contributed by atoms with van der Waals surface area (Å²) in [7, 11) is 1.67. The van der Waals surface area contributed by atoms with Crippen molar-refractivity contribution in [3.63, 3.8) is 0 Å². The Kier molecular flexibility index (Phi) is 4.13. The molecule has 5 heteroatoms. The minimum atomic E-state index is 0.0693. The molecule has 1 aromatic heterocycles. The van der Waals surface area contributed by atoms with Crippen LogP contribution in [0.4, 0.5) is 0 Å². The summed E-state index contributed by atoms with van der Waals surface area (Å²) in [6, 6.07) is 6.11. The lowest BCUT2D eigenvalue weighted by Gasteiger charge is -2.22. The second-order valence-corrected chi connectivity index (χ2v) is 5.76. The van der Waals surface area contributed by atoms with E-state index in [1.54, 1.807) is 13.4 Å². The van der Waals surface area contributed by atoms with Crippen LogP contribution in [0.3, 0.4) is 0 Å². The van der Waals surface area contributed by atoms with Gasteiger partial charge in [0.15, 0.2) is 0 Å². The van der Waals surface area contributed by atoms with Crippen LogP contribution < -0.4 is 10.1 Å². The van der Waals surface area contributed by atoms with Crippen molar-refractivity contribution >= 4 is 5.91 Å². The smallest absolute Gasteiger partial charge is 0.223 e. The Morgan fingerprint density at radius 3 is 3.00 bits per heavy atom. The van der Waals surface area contributed by atoms with Crippen molar-refractivity contribution < 1.29 is 9.53 Å². The molecule has 2 heterocycles. The van der Waals surface area contributed by atoms with Crippen LogP contribution in [0.1, 0.15) is 24.1 Å².